The summed E-state index contributed by atoms with van der Waals surface area (Å²) < 4.78 is 6.52. The minimum atomic E-state index is 0.649. The molecule has 0 spiro atoms. The maximum Gasteiger partial charge on any atom is 0.136 e. The molecule has 1 aromatic carbocycles. The van der Waals surface area contributed by atoms with Crippen molar-refractivity contribution >= 4 is 15.9 Å². The van der Waals surface area contributed by atoms with E-state index in [0.29, 0.717) is 13.2 Å². The number of benzene rings is 1. The van der Waals surface area contributed by atoms with Crippen LogP contribution in [0.3, 0.4) is 0 Å². The third-order valence-corrected chi connectivity index (χ3v) is 2.38. The first-order chi connectivity index (χ1) is 6.29. The summed E-state index contributed by atoms with van der Waals surface area (Å²) in [5.41, 5.74) is 6.67. The third kappa shape index (κ3) is 2.71. The van der Waals surface area contributed by atoms with Gasteiger partial charge in [0.1, 0.15) is 5.75 Å². The molecule has 0 saturated carbocycles. The predicted octanol–water partition coefficient (Wildman–Crippen LogP) is 2.35. The van der Waals surface area contributed by atoms with Crippen molar-refractivity contribution in [1.29, 1.82) is 0 Å². The van der Waals surface area contributed by atoms with Crippen molar-refractivity contribution < 1.29 is 4.74 Å². The van der Waals surface area contributed by atoms with Crippen molar-refractivity contribution in [3.05, 3.63) is 28.2 Å². The van der Waals surface area contributed by atoms with E-state index in [1.807, 2.05) is 25.1 Å². The maximum atomic E-state index is 5.52. The lowest BCUT2D eigenvalue weighted by atomic mass is 10.1. The lowest BCUT2D eigenvalue weighted by molar-refractivity contribution is 0.334. The first-order valence-corrected chi connectivity index (χ1v) is 5.19. The second-order valence-electron chi connectivity index (χ2n) is 2.70. The van der Waals surface area contributed by atoms with Crippen molar-refractivity contribution in [3.8, 4) is 5.75 Å². The van der Waals surface area contributed by atoms with Crippen LogP contribution < -0.4 is 10.5 Å². The number of ether oxygens (including phenoxy) is 1. The quantitative estimate of drug-likeness (QED) is 0.882. The van der Waals surface area contributed by atoms with Gasteiger partial charge in [-0.05, 0) is 47.4 Å². The Kier molecular flexibility index (Phi) is 4.25. The number of hydrogen-bond donors (Lipinski definition) is 1. The van der Waals surface area contributed by atoms with Crippen LogP contribution in [0.5, 0.6) is 5.75 Å². The van der Waals surface area contributed by atoms with Crippen LogP contribution in [0.1, 0.15) is 12.5 Å². The van der Waals surface area contributed by atoms with Crippen LogP contribution in [-0.2, 0) is 6.42 Å². The van der Waals surface area contributed by atoms with Crippen molar-refractivity contribution in [2.75, 3.05) is 13.2 Å². The highest BCUT2D eigenvalue weighted by atomic mass is 79.9. The molecule has 0 aliphatic rings. The van der Waals surface area contributed by atoms with Gasteiger partial charge in [-0.2, -0.15) is 0 Å². The van der Waals surface area contributed by atoms with Gasteiger partial charge in [-0.1, -0.05) is 12.1 Å². The number of halogens is 1. The fraction of sp³-hybridized carbons (Fsp3) is 0.400. The summed E-state index contributed by atoms with van der Waals surface area (Å²) in [4.78, 5) is 0. The van der Waals surface area contributed by atoms with E-state index in [9.17, 15) is 0 Å². The Morgan fingerprint density at radius 2 is 2.23 bits per heavy atom. The van der Waals surface area contributed by atoms with Gasteiger partial charge in [0.05, 0.1) is 11.1 Å². The summed E-state index contributed by atoms with van der Waals surface area (Å²) >= 11 is 3.45. The lowest BCUT2D eigenvalue weighted by Gasteiger charge is -2.10. The molecule has 2 N–H and O–H groups in total. The first kappa shape index (κ1) is 10.5. The lowest BCUT2D eigenvalue weighted by Crippen LogP contribution is -2.05. The summed E-state index contributed by atoms with van der Waals surface area (Å²) in [6.45, 7) is 3.31. The van der Waals surface area contributed by atoms with Crippen LogP contribution in [0.15, 0.2) is 22.7 Å². The normalized spacial score (nSPS) is 10.1. The van der Waals surface area contributed by atoms with E-state index in [1.54, 1.807) is 0 Å². The molecule has 1 rings (SSSR count). The molecule has 13 heavy (non-hydrogen) atoms. The average Bonchev–Trinajstić information content (AvgIpc) is 2.11. The van der Waals surface area contributed by atoms with Crippen LogP contribution in [-0.4, -0.2) is 13.2 Å². The van der Waals surface area contributed by atoms with Gasteiger partial charge in [-0.15, -0.1) is 0 Å². The average molecular weight is 244 g/mol. The molecule has 0 aromatic heterocycles. The van der Waals surface area contributed by atoms with E-state index < -0.39 is 0 Å². The number of hydrogen-bond acceptors (Lipinski definition) is 2. The molecule has 3 heteroatoms. The molecule has 0 amide bonds. The van der Waals surface area contributed by atoms with Gasteiger partial charge < -0.3 is 10.5 Å². The second kappa shape index (κ2) is 5.25. The molecular formula is C10H14BrNO. The van der Waals surface area contributed by atoms with Gasteiger partial charge in [-0.25, -0.2) is 0 Å². The van der Waals surface area contributed by atoms with E-state index in [0.717, 1.165) is 16.6 Å². The Hall–Kier alpha value is -0.540. The van der Waals surface area contributed by atoms with Gasteiger partial charge in [0.25, 0.3) is 0 Å². The molecule has 0 saturated heterocycles. The Morgan fingerprint density at radius 3 is 2.85 bits per heavy atom. The van der Waals surface area contributed by atoms with Crippen LogP contribution in [0.4, 0.5) is 0 Å². The van der Waals surface area contributed by atoms with Crippen molar-refractivity contribution in [1.82, 2.24) is 0 Å². The topological polar surface area (TPSA) is 35.2 Å². The van der Waals surface area contributed by atoms with Crippen molar-refractivity contribution in [2.24, 2.45) is 5.73 Å². The molecule has 0 bridgehead atoms. The highest BCUT2D eigenvalue weighted by Gasteiger charge is 2.05. The van der Waals surface area contributed by atoms with Crippen LogP contribution in [0.2, 0.25) is 0 Å². The molecule has 0 fully saturated rings. The first-order valence-electron chi connectivity index (χ1n) is 4.39. The Morgan fingerprint density at radius 1 is 1.46 bits per heavy atom. The smallest absolute Gasteiger partial charge is 0.136 e. The minimum absolute atomic E-state index is 0.649. The van der Waals surface area contributed by atoms with Gasteiger partial charge in [0.2, 0.25) is 0 Å². The van der Waals surface area contributed by atoms with Gasteiger partial charge in [0, 0.05) is 0 Å². The van der Waals surface area contributed by atoms with E-state index in [4.69, 9.17) is 10.5 Å². The molecule has 72 valence electrons. The summed E-state index contributed by atoms with van der Waals surface area (Å²) in [6.07, 6.45) is 0.856. The Labute approximate surface area is 87.2 Å². The molecule has 2 nitrogen and oxygen atoms in total. The van der Waals surface area contributed by atoms with E-state index in [2.05, 4.69) is 15.9 Å². The summed E-state index contributed by atoms with van der Waals surface area (Å²) in [6, 6.07) is 6.02. The predicted molar refractivity (Wildman–Crippen MR) is 58.1 cm³/mol. The fourth-order valence-electron chi connectivity index (χ4n) is 1.21. The van der Waals surface area contributed by atoms with Crippen LogP contribution in [0, 0.1) is 0 Å². The minimum Gasteiger partial charge on any atom is -0.492 e. The van der Waals surface area contributed by atoms with E-state index >= 15 is 0 Å². The van der Waals surface area contributed by atoms with Crippen molar-refractivity contribution in [3.63, 3.8) is 0 Å². The van der Waals surface area contributed by atoms with Crippen LogP contribution >= 0.6 is 15.9 Å². The summed E-state index contributed by atoms with van der Waals surface area (Å²) in [7, 11) is 0. The molecule has 0 heterocycles. The number of para-hydroxylation sites is 1. The Bertz CT molecular complexity index is 276. The van der Waals surface area contributed by atoms with Gasteiger partial charge in [0.15, 0.2) is 0 Å². The molecule has 0 aliphatic carbocycles. The molecule has 0 aliphatic heterocycles. The van der Waals surface area contributed by atoms with E-state index in [1.165, 1.54) is 5.56 Å². The summed E-state index contributed by atoms with van der Waals surface area (Å²) in [5.74, 6) is 0.926. The van der Waals surface area contributed by atoms with Gasteiger partial charge in [-0.3, -0.25) is 0 Å². The highest BCUT2D eigenvalue weighted by molar-refractivity contribution is 9.10. The number of rotatable bonds is 4. The largest absolute Gasteiger partial charge is 0.492 e. The molecule has 0 atom stereocenters. The molecule has 1 aromatic rings. The third-order valence-electron chi connectivity index (χ3n) is 1.75. The fourth-order valence-corrected chi connectivity index (χ4v) is 1.73. The van der Waals surface area contributed by atoms with Gasteiger partial charge >= 0.3 is 0 Å². The van der Waals surface area contributed by atoms with E-state index in [-0.39, 0.29) is 0 Å². The molecule has 0 unspecified atom stereocenters. The second-order valence-corrected chi connectivity index (χ2v) is 3.55. The SMILES string of the molecule is CCOc1c(Br)cccc1CCN. The summed E-state index contributed by atoms with van der Waals surface area (Å²) in [5, 5.41) is 0. The zero-order valence-electron chi connectivity index (χ0n) is 7.72. The maximum absolute atomic E-state index is 5.52. The zero-order chi connectivity index (χ0) is 9.68. The zero-order valence-corrected chi connectivity index (χ0v) is 9.30. The monoisotopic (exact) mass is 243 g/mol. The molecule has 0 radical (unpaired) electrons. The number of nitrogens with two attached hydrogens (primary N) is 1. The Balaban J connectivity index is 2.95. The van der Waals surface area contributed by atoms with Crippen LogP contribution in [0.25, 0.3) is 0 Å². The standard InChI is InChI=1S/C10H14BrNO/c1-2-13-10-8(6-7-12)4-3-5-9(10)11/h3-5H,2,6-7,12H2,1H3. The highest BCUT2D eigenvalue weighted by Crippen LogP contribution is 2.29. The molecular weight excluding hydrogens is 230 g/mol. The van der Waals surface area contributed by atoms with Crippen molar-refractivity contribution in [2.45, 2.75) is 13.3 Å².